The van der Waals surface area contributed by atoms with E-state index < -0.39 is 21.5 Å². The van der Waals surface area contributed by atoms with E-state index in [9.17, 15) is 13.2 Å². The highest BCUT2D eigenvalue weighted by Gasteiger charge is 2.19. The number of anilines is 1. The number of hydrogen-bond donors (Lipinski definition) is 1. The van der Waals surface area contributed by atoms with E-state index in [-0.39, 0.29) is 4.90 Å². The van der Waals surface area contributed by atoms with E-state index in [4.69, 9.17) is 0 Å². The maximum absolute atomic E-state index is 12.1. The van der Waals surface area contributed by atoms with Gasteiger partial charge in [-0.2, -0.15) is 0 Å². The molecule has 110 valence electrons. The van der Waals surface area contributed by atoms with E-state index in [0.717, 1.165) is 9.13 Å². The zero-order chi connectivity index (χ0) is 15.5. The van der Waals surface area contributed by atoms with E-state index in [0.29, 0.717) is 5.69 Å². The highest BCUT2D eigenvalue weighted by Crippen LogP contribution is 2.18. The standard InChI is InChI=1S/C15H14INO3S/c1-11-9-12(16)7-8-14(11)17-15(18)10-21(19,20)13-5-3-2-4-6-13/h2-9H,10H2,1H3,(H,17,18). The molecule has 0 radical (unpaired) electrons. The summed E-state index contributed by atoms with van der Waals surface area (Å²) in [5.41, 5.74) is 1.52. The molecular formula is C15H14INO3S. The monoisotopic (exact) mass is 415 g/mol. The topological polar surface area (TPSA) is 63.2 Å². The van der Waals surface area contributed by atoms with Gasteiger partial charge in [0.25, 0.3) is 0 Å². The van der Waals surface area contributed by atoms with Crippen molar-refractivity contribution in [1.82, 2.24) is 0 Å². The largest absolute Gasteiger partial charge is 0.325 e. The molecule has 0 spiro atoms. The first kappa shape index (κ1) is 16.0. The summed E-state index contributed by atoms with van der Waals surface area (Å²) < 4.78 is 25.3. The van der Waals surface area contributed by atoms with Crippen LogP contribution in [0.4, 0.5) is 5.69 Å². The van der Waals surface area contributed by atoms with Gasteiger partial charge in [-0.15, -0.1) is 0 Å². The minimum atomic E-state index is -3.61. The second-order valence-electron chi connectivity index (χ2n) is 4.58. The third-order valence-electron chi connectivity index (χ3n) is 2.89. The van der Waals surface area contributed by atoms with Crippen LogP contribution in [0.3, 0.4) is 0 Å². The number of hydrogen-bond acceptors (Lipinski definition) is 3. The van der Waals surface area contributed by atoms with Gasteiger partial charge in [0, 0.05) is 9.26 Å². The smallest absolute Gasteiger partial charge is 0.239 e. The lowest BCUT2D eigenvalue weighted by Gasteiger charge is -2.09. The summed E-state index contributed by atoms with van der Waals surface area (Å²) in [5, 5.41) is 2.64. The van der Waals surface area contributed by atoms with Crippen LogP contribution in [0.25, 0.3) is 0 Å². The molecule has 1 N–H and O–H groups in total. The minimum Gasteiger partial charge on any atom is -0.325 e. The predicted octanol–water partition coefficient (Wildman–Crippen LogP) is 3.01. The van der Waals surface area contributed by atoms with Crippen molar-refractivity contribution in [3.05, 3.63) is 57.7 Å². The van der Waals surface area contributed by atoms with Crippen molar-refractivity contribution in [3.8, 4) is 0 Å². The molecule has 0 atom stereocenters. The van der Waals surface area contributed by atoms with Crippen molar-refractivity contribution in [1.29, 1.82) is 0 Å². The van der Waals surface area contributed by atoms with Crippen molar-refractivity contribution >= 4 is 44.0 Å². The first-order chi connectivity index (χ1) is 9.88. The molecule has 4 nitrogen and oxygen atoms in total. The fourth-order valence-electron chi connectivity index (χ4n) is 1.84. The molecule has 0 heterocycles. The number of nitrogens with one attached hydrogen (secondary N) is 1. The van der Waals surface area contributed by atoms with Gasteiger partial charge < -0.3 is 5.32 Å². The lowest BCUT2D eigenvalue weighted by Crippen LogP contribution is -2.23. The number of sulfone groups is 1. The minimum absolute atomic E-state index is 0.152. The van der Waals surface area contributed by atoms with Crippen LogP contribution in [-0.2, 0) is 14.6 Å². The summed E-state index contributed by atoms with van der Waals surface area (Å²) >= 11 is 2.18. The molecule has 21 heavy (non-hydrogen) atoms. The molecule has 2 rings (SSSR count). The molecule has 1 amide bonds. The second kappa shape index (κ2) is 6.57. The molecule has 0 bridgehead atoms. The van der Waals surface area contributed by atoms with E-state index in [1.165, 1.54) is 12.1 Å². The van der Waals surface area contributed by atoms with Crippen molar-refractivity contribution in [2.45, 2.75) is 11.8 Å². The predicted molar refractivity (Wildman–Crippen MR) is 91.0 cm³/mol. The van der Waals surface area contributed by atoms with Crippen molar-refractivity contribution < 1.29 is 13.2 Å². The van der Waals surface area contributed by atoms with Crippen LogP contribution in [0.1, 0.15) is 5.56 Å². The quantitative estimate of drug-likeness (QED) is 0.782. The molecule has 0 unspecified atom stereocenters. The zero-order valence-corrected chi connectivity index (χ0v) is 14.3. The van der Waals surface area contributed by atoms with Gasteiger partial charge in [0.15, 0.2) is 9.84 Å². The van der Waals surface area contributed by atoms with Gasteiger partial charge in [0.05, 0.1) is 4.90 Å². The normalized spacial score (nSPS) is 11.1. The Bertz CT molecular complexity index is 758. The van der Waals surface area contributed by atoms with E-state index in [2.05, 4.69) is 27.9 Å². The Hall–Kier alpha value is -1.41. The Labute approximate surface area is 137 Å². The summed E-state index contributed by atoms with van der Waals surface area (Å²) in [6.07, 6.45) is 0. The SMILES string of the molecule is Cc1cc(I)ccc1NC(=O)CS(=O)(=O)c1ccccc1. The van der Waals surface area contributed by atoms with Crippen LogP contribution in [0.15, 0.2) is 53.4 Å². The number of amides is 1. The molecule has 0 aliphatic rings. The van der Waals surface area contributed by atoms with Crippen LogP contribution in [0, 0.1) is 10.5 Å². The highest BCUT2D eigenvalue weighted by molar-refractivity contribution is 14.1. The van der Waals surface area contributed by atoms with Crippen LogP contribution in [0.2, 0.25) is 0 Å². The first-order valence-corrected chi connectivity index (χ1v) is 8.95. The van der Waals surface area contributed by atoms with Crippen LogP contribution >= 0.6 is 22.6 Å². The number of carbonyl (C=O) groups excluding carboxylic acids is 1. The summed E-state index contributed by atoms with van der Waals surface area (Å²) in [6, 6.07) is 13.5. The Morgan fingerprint density at radius 2 is 1.81 bits per heavy atom. The summed E-state index contributed by atoms with van der Waals surface area (Å²) in [7, 11) is -3.61. The number of halogens is 1. The van der Waals surface area contributed by atoms with Gasteiger partial charge in [0.2, 0.25) is 5.91 Å². The molecule has 0 saturated carbocycles. The maximum atomic E-state index is 12.1. The molecule has 6 heteroatoms. The zero-order valence-electron chi connectivity index (χ0n) is 11.3. The van der Waals surface area contributed by atoms with Gasteiger partial charge in [-0.3, -0.25) is 4.79 Å². The average molecular weight is 415 g/mol. The Morgan fingerprint density at radius 1 is 1.14 bits per heavy atom. The fourth-order valence-corrected chi connectivity index (χ4v) is 3.64. The Kier molecular flexibility index (Phi) is 5.00. The lowest BCUT2D eigenvalue weighted by molar-refractivity contribution is -0.113. The Morgan fingerprint density at radius 3 is 2.43 bits per heavy atom. The van der Waals surface area contributed by atoms with Gasteiger partial charge in [-0.25, -0.2) is 8.42 Å². The fraction of sp³-hybridized carbons (Fsp3) is 0.133. The number of benzene rings is 2. The van der Waals surface area contributed by atoms with Crippen LogP contribution in [-0.4, -0.2) is 20.1 Å². The lowest BCUT2D eigenvalue weighted by atomic mass is 10.2. The summed E-state index contributed by atoms with van der Waals surface area (Å²) in [6.45, 7) is 1.86. The van der Waals surface area contributed by atoms with Gasteiger partial charge in [0.1, 0.15) is 5.75 Å². The highest BCUT2D eigenvalue weighted by atomic mass is 127. The molecule has 0 saturated heterocycles. The third-order valence-corrected chi connectivity index (χ3v) is 5.19. The molecule has 0 aromatic heterocycles. The Balaban J connectivity index is 2.12. The second-order valence-corrected chi connectivity index (χ2v) is 7.81. The van der Waals surface area contributed by atoms with Crippen molar-refractivity contribution in [2.24, 2.45) is 0 Å². The van der Waals surface area contributed by atoms with E-state index in [1.54, 1.807) is 24.3 Å². The maximum Gasteiger partial charge on any atom is 0.239 e. The van der Waals surface area contributed by atoms with Crippen LogP contribution < -0.4 is 5.32 Å². The van der Waals surface area contributed by atoms with Crippen LogP contribution in [0.5, 0.6) is 0 Å². The van der Waals surface area contributed by atoms with E-state index in [1.807, 2.05) is 19.1 Å². The molecule has 0 aliphatic heterocycles. The van der Waals surface area contributed by atoms with Gasteiger partial charge >= 0.3 is 0 Å². The number of carbonyl (C=O) groups is 1. The van der Waals surface area contributed by atoms with Crippen molar-refractivity contribution in [3.63, 3.8) is 0 Å². The van der Waals surface area contributed by atoms with E-state index >= 15 is 0 Å². The molecule has 2 aromatic carbocycles. The molecule has 0 aliphatic carbocycles. The summed E-state index contributed by atoms with van der Waals surface area (Å²) in [5.74, 6) is -1.11. The van der Waals surface area contributed by atoms with Gasteiger partial charge in [-0.1, -0.05) is 18.2 Å². The third kappa shape index (κ3) is 4.28. The molecule has 2 aromatic rings. The first-order valence-electron chi connectivity index (χ1n) is 6.22. The van der Waals surface area contributed by atoms with Gasteiger partial charge in [-0.05, 0) is 65.4 Å². The summed E-state index contributed by atoms with van der Waals surface area (Å²) in [4.78, 5) is 12.1. The number of rotatable bonds is 4. The average Bonchev–Trinajstić information content (AvgIpc) is 2.42. The molecular weight excluding hydrogens is 401 g/mol. The molecule has 0 fully saturated rings. The number of aryl methyl sites for hydroxylation is 1. The van der Waals surface area contributed by atoms with Crippen molar-refractivity contribution in [2.75, 3.05) is 11.1 Å².